The zero-order valence-corrected chi connectivity index (χ0v) is 31.6. The highest BCUT2D eigenvalue weighted by Crippen LogP contribution is 2.36. The summed E-state index contributed by atoms with van der Waals surface area (Å²) in [7, 11) is 0. The molecule has 3 N–H and O–H groups in total. The Morgan fingerprint density at radius 2 is 1.51 bits per heavy atom. The molecule has 10 nitrogen and oxygen atoms in total. The monoisotopic (exact) mass is 741 g/mol. The van der Waals surface area contributed by atoms with Crippen molar-refractivity contribution < 1.29 is 24.2 Å². The molecule has 286 valence electrons. The zero-order chi connectivity index (χ0) is 38.1. The smallest absolute Gasteiger partial charge is 0.255 e. The van der Waals surface area contributed by atoms with Gasteiger partial charge in [0.05, 0.1) is 0 Å². The number of rotatable bonds is 15. The molecule has 0 bridgehead atoms. The Morgan fingerprint density at radius 3 is 2.20 bits per heavy atom. The second kappa shape index (κ2) is 17.8. The van der Waals surface area contributed by atoms with Gasteiger partial charge in [-0.1, -0.05) is 61.5 Å². The van der Waals surface area contributed by atoms with Crippen molar-refractivity contribution in [1.82, 2.24) is 20.0 Å². The molecule has 2 fully saturated rings. The van der Waals surface area contributed by atoms with Gasteiger partial charge in [0, 0.05) is 63.5 Å². The number of aromatic hydroxyl groups is 1. The highest BCUT2D eigenvalue weighted by Gasteiger charge is 2.39. The summed E-state index contributed by atoms with van der Waals surface area (Å²) in [5, 5.41) is 15.8. The van der Waals surface area contributed by atoms with Gasteiger partial charge in [-0.2, -0.15) is 0 Å². The molecule has 3 amide bonds. The van der Waals surface area contributed by atoms with Crippen LogP contribution >= 0.6 is 0 Å². The molecule has 0 radical (unpaired) electrons. The molecule has 3 aliphatic heterocycles. The van der Waals surface area contributed by atoms with E-state index in [4.69, 9.17) is 4.74 Å². The van der Waals surface area contributed by atoms with Gasteiger partial charge in [-0.25, -0.2) is 0 Å². The first-order valence-electron chi connectivity index (χ1n) is 19.6. The number of piperidine rings is 1. The molecule has 4 aromatic carbocycles. The number of hydrogen-bond acceptors (Lipinski definition) is 8. The van der Waals surface area contributed by atoms with E-state index in [9.17, 15) is 19.5 Å². The summed E-state index contributed by atoms with van der Waals surface area (Å²) in [4.78, 5) is 43.5. The third kappa shape index (κ3) is 9.27. The van der Waals surface area contributed by atoms with E-state index in [0.29, 0.717) is 25.1 Å². The molecule has 0 aliphatic carbocycles. The highest BCUT2D eigenvalue weighted by molar-refractivity contribution is 6.05. The second-order valence-corrected chi connectivity index (χ2v) is 14.6. The third-order valence-electron chi connectivity index (χ3n) is 11.0. The molecule has 2 saturated heterocycles. The SMILES string of the molecule is CCC(=C(c1ccc(O)cc1)c1ccc(OCCN2CCN(CCCCNc3ccc4c(c3)CN(C3CCC(=O)NC3=O)C4=O)CC2)cc1)c1ccccc1. The molecular formula is C45H51N5O5. The topological polar surface area (TPSA) is 114 Å². The number of imide groups is 1. The summed E-state index contributed by atoms with van der Waals surface area (Å²) in [6.07, 6.45) is 3.65. The Balaban J connectivity index is 0.815. The highest BCUT2D eigenvalue weighted by atomic mass is 16.5. The van der Waals surface area contributed by atoms with Gasteiger partial charge in [0.2, 0.25) is 11.8 Å². The lowest BCUT2D eigenvalue weighted by Gasteiger charge is -2.34. The predicted molar refractivity (Wildman–Crippen MR) is 216 cm³/mol. The van der Waals surface area contributed by atoms with Crippen LogP contribution in [0.2, 0.25) is 0 Å². The summed E-state index contributed by atoms with van der Waals surface area (Å²) in [6, 6.07) is 31.5. The number of benzene rings is 4. The van der Waals surface area contributed by atoms with E-state index >= 15 is 0 Å². The number of phenolic OH excluding ortho intramolecular Hbond substituents is 1. The van der Waals surface area contributed by atoms with E-state index in [1.165, 1.54) is 11.1 Å². The maximum Gasteiger partial charge on any atom is 0.255 e. The summed E-state index contributed by atoms with van der Waals surface area (Å²) in [6.45, 7) is 10.2. The Hall–Kier alpha value is -5.45. The van der Waals surface area contributed by atoms with Gasteiger partial charge in [-0.05, 0) is 108 Å². The standard InChI is InChI=1S/C45H51N5O5/c1-2-39(32-8-4-3-5-9-32)43(33-10-15-37(51)16-11-33)34-12-17-38(18-13-34)55-29-28-49-26-24-48(25-27-49)23-7-6-22-46-36-14-19-40-35(30-36)31-50(45(40)54)41-20-21-42(52)47-44(41)53/h3-5,8-19,30,41,46,51H,2,6-7,20-29,31H2,1H3,(H,47,52,53). The van der Waals surface area contributed by atoms with Crippen LogP contribution in [0.3, 0.4) is 0 Å². The van der Waals surface area contributed by atoms with Crippen LogP contribution in [0.4, 0.5) is 5.69 Å². The Morgan fingerprint density at radius 1 is 0.818 bits per heavy atom. The number of nitrogens with zero attached hydrogens (tertiary/aromatic N) is 3. The van der Waals surface area contributed by atoms with Crippen LogP contribution in [0.25, 0.3) is 11.1 Å². The molecule has 0 aromatic heterocycles. The van der Waals surface area contributed by atoms with E-state index in [1.807, 2.05) is 36.4 Å². The zero-order valence-electron chi connectivity index (χ0n) is 31.6. The number of amides is 3. The second-order valence-electron chi connectivity index (χ2n) is 14.6. The van der Waals surface area contributed by atoms with E-state index in [0.717, 1.165) is 98.8 Å². The molecule has 4 aromatic rings. The average Bonchev–Trinajstić information content (AvgIpc) is 3.53. The van der Waals surface area contributed by atoms with Crippen molar-refractivity contribution in [1.29, 1.82) is 0 Å². The lowest BCUT2D eigenvalue weighted by Crippen LogP contribution is -2.52. The van der Waals surface area contributed by atoms with Crippen molar-refractivity contribution in [3.05, 3.63) is 125 Å². The van der Waals surface area contributed by atoms with Crippen LogP contribution in [0, 0.1) is 0 Å². The number of allylic oxidation sites excluding steroid dienone is 1. The van der Waals surface area contributed by atoms with E-state index < -0.39 is 6.04 Å². The number of carbonyl (C=O) groups excluding carboxylic acids is 3. The number of anilines is 1. The first-order chi connectivity index (χ1) is 26.9. The largest absolute Gasteiger partial charge is 0.508 e. The van der Waals surface area contributed by atoms with Crippen LogP contribution in [0.5, 0.6) is 11.5 Å². The van der Waals surface area contributed by atoms with Gasteiger partial charge in [0.1, 0.15) is 24.1 Å². The summed E-state index contributed by atoms with van der Waals surface area (Å²) >= 11 is 0. The van der Waals surface area contributed by atoms with E-state index in [1.54, 1.807) is 17.0 Å². The summed E-state index contributed by atoms with van der Waals surface area (Å²) in [5.74, 6) is 0.314. The average molecular weight is 742 g/mol. The fourth-order valence-electron chi connectivity index (χ4n) is 7.93. The first-order valence-corrected chi connectivity index (χ1v) is 19.6. The molecule has 1 unspecified atom stereocenters. The van der Waals surface area contributed by atoms with Crippen molar-refractivity contribution in [2.45, 2.75) is 51.6 Å². The minimum absolute atomic E-state index is 0.145. The molecule has 10 heteroatoms. The van der Waals surface area contributed by atoms with Gasteiger partial charge in [-0.15, -0.1) is 0 Å². The minimum atomic E-state index is -0.594. The number of unbranched alkanes of at least 4 members (excludes halogenated alkanes) is 1. The molecule has 55 heavy (non-hydrogen) atoms. The fourth-order valence-corrected chi connectivity index (χ4v) is 7.93. The number of fused-ring (bicyclic) bond motifs is 1. The quantitative estimate of drug-likeness (QED) is 0.0728. The first kappa shape index (κ1) is 37.8. The van der Waals surface area contributed by atoms with Gasteiger partial charge < -0.3 is 25.0 Å². The predicted octanol–water partition coefficient (Wildman–Crippen LogP) is 6.41. The van der Waals surface area contributed by atoms with E-state index in [2.05, 4.69) is 75.9 Å². The number of hydrogen-bond donors (Lipinski definition) is 3. The van der Waals surface area contributed by atoms with Crippen molar-refractivity contribution >= 4 is 34.6 Å². The Bertz CT molecular complexity index is 1990. The van der Waals surface area contributed by atoms with Gasteiger partial charge in [0.25, 0.3) is 5.91 Å². The van der Waals surface area contributed by atoms with Crippen molar-refractivity contribution in [3.63, 3.8) is 0 Å². The van der Waals surface area contributed by atoms with Crippen molar-refractivity contribution in [2.75, 3.05) is 57.7 Å². The van der Waals surface area contributed by atoms with Crippen LogP contribution in [0.1, 0.15) is 71.6 Å². The number of carbonyl (C=O) groups is 3. The molecule has 3 heterocycles. The lowest BCUT2D eigenvalue weighted by atomic mass is 9.88. The van der Waals surface area contributed by atoms with Crippen molar-refractivity contribution in [3.8, 4) is 11.5 Å². The fraction of sp³-hybridized carbons (Fsp3) is 0.356. The Kier molecular flexibility index (Phi) is 12.2. The molecular weight excluding hydrogens is 691 g/mol. The molecule has 3 aliphatic rings. The number of nitrogens with one attached hydrogen (secondary N) is 2. The van der Waals surface area contributed by atoms with Crippen molar-refractivity contribution in [2.24, 2.45) is 0 Å². The molecule has 1 atom stereocenters. The van der Waals surface area contributed by atoms with Gasteiger partial charge in [0.15, 0.2) is 0 Å². The normalized spacial score (nSPS) is 18.2. The van der Waals surface area contributed by atoms with Crippen LogP contribution in [-0.2, 0) is 16.1 Å². The molecule has 0 spiro atoms. The van der Waals surface area contributed by atoms with Crippen LogP contribution in [0.15, 0.2) is 97.1 Å². The summed E-state index contributed by atoms with van der Waals surface area (Å²) < 4.78 is 6.20. The van der Waals surface area contributed by atoms with Gasteiger partial charge in [-0.3, -0.25) is 24.6 Å². The van der Waals surface area contributed by atoms with E-state index in [-0.39, 0.29) is 29.9 Å². The number of phenols is 1. The Labute approximate surface area is 323 Å². The number of piperazine rings is 1. The van der Waals surface area contributed by atoms with Crippen LogP contribution < -0.4 is 15.4 Å². The summed E-state index contributed by atoms with van der Waals surface area (Å²) in [5.41, 5.74) is 8.33. The third-order valence-corrected chi connectivity index (χ3v) is 11.0. The lowest BCUT2D eigenvalue weighted by molar-refractivity contribution is -0.136. The maximum atomic E-state index is 13.0. The molecule has 0 saturated carbocycles. The van der Waals surface area contributed by atoms with Crippen LogP contribution in [-0.4, -0.2) is 96.0 Å². The molecule has 7 rings (SSSR count). The van der Waals surface area contributed by atoms with Gasteiger partial charge >= 0.3 is 0 Å². The number of ether oxygens (including phenoxy) is 1. The minimum Gasteiger partial charge on any atom is -0.508 e. The maximum absolute atomic E-state index is 13.0.